The van der Waals surface area contributed by atoms with Gasteiger partial charge in [-0.1, -0.05) is 0 Å². The summed E-state index contributed by atoms with van der Waals surface area (Å²) in [7, 11) is 1.89. The van der Waals surface area contributed by atoms with Crippen LogP contribution in [0.15, 0.2) is 18.2 Å². The average Bonchev–Trinajstić information content (AvgIpc) is 2.08. The second-order valence-electron chi connectivity index (χ2n) is 2.97. The van der Waals surface area contributed by atoms with E-state index in [4.69, 9.17) is 0 Å². The Kier molecular flexibility index (Phi) is 4.12. The number of hydrogen-bond donors (Lipinski definition) is 1. The van der Waals surface area contributed by atoms with Crippen molar-refractivity contribution in [3.05, 3.63) is 32.9 Å². The number of aryl methyl sites for hydroxylation is 1. The molecule has 0 aliphatic carbocycles. The summed E-state index contributed by atoms with van der Waals surface area (Å²) in [6, 6.07) is 5.90. The van der Waals surface area contributed by atoms with E-state index in [0.717, 1.165) is 15.7 Å². The Morgan fingerprint density at radius 2 is 2.15 bits per heavy atom. The van der Waals surface area contributed by atoms with E-state index in [0.29, 0.717) is 0 Å². The SMILES string of the molecule is CNCc1c(C)cccc1I(C)F. The minimum atomic E-state index is -2.33. The van der Waals surface area contributed by atoms with Gasteiger partial charge in [-0.05, 0) is 0 Å². The summed E-state index contributed by atoms with van der Waals surface area (Å²) in [5.41, 5.74) is 2.34. The van der Waals surface area contributed by atoms with Gasteiger partial charge in [-0.25, -0.2) is 0 Å². The molecule has 0 fully saturated rings. The average molecular weight is 295 g/mol. The third-order valence-electron chi connectivity index (χ3n) is 1.99. The van der Waals surface area contributed by atoms with Crippen molar-refractivity contribution in [2.75, 3.05) is 12.0 Å². The molecular formula is C10H15FIN. The quantitative estimate of drug-likeness (QED) is 0.668. The standard InChI is InChI=1S/C10H15FIN/c1-8-5-4-6-10(12(2)11)9(8)7-13-3/h4-6,13H,7H2,1-3H3. The summed E-state index contributed by atoms with van der Waals surface area (Å²) in [4.78, 5) is 1.73. The van der Waals surface area contributed by atoms with Crippen LogP contribution in [-0.4, -0.2) is 12.0 Å². The molecule has 0 atom stereocenters. The van der Waals surface area contributed by atoms with Gasteiger partial charge in [0.2, 0.25) is 0 Å². The Balaban J connectivity index is 3.09. The van der Waals surface area contributed by atoms with Crippen LogP contribution in [0.4, 0.5) is 2.86 Å². The van der Waals surface area contributed by atoms with E-state index in [9.17, 15) is 2.86 Å². The van der Waals surface area contributed by atoms with Crippen LogP contribution < -0.4 is 5.32 Å². The number of alkyl halides is 1. The van der Waals surface area contributed by atoms with Crippen LogP contribution in [0.2, 0.25) is 0 Å². The number of benzene rings is 1. The fraction of sp³-hybridized carbons (Fsp3) is 0.400. The van der Waals surface area contributed by atoms with Crippen molar-refractivity contribution < 1.29 is 2.86 Å². The molecule has 1 aromatic carbocycles. The summed E-state index contributed by atoms with van der Waals surface area (Å²) < 4.78 is 14.3. The molecule has 0 aliphatic rings. The minimum absolute atomic E-state index is 0.772. The molecule has 1 nitrogen and oxygen atoms in total. The first-order valence-corrected chi connectivity index (χ1v) is 8.21. The third-order valence-corrected chi connectivity index (χ3v) is 4.60. The third kappa shape index (κ3) is 2.64. The molecule has 74 valence electrons. The summed E-state index contributed by atoms with van der Waals surface area (Å²) >= 11 is -2.33. The maximum absolute atomic E-state index is 13.3. The van der Waals surface area contributed by atoms with Crippen LogP contribution in [0.5, 0.6) is 0 Å². The van der Waals surface area contributed by atoms with Crippen molar-refractivity contribution >= 4 is 20.4 Å². The van der Waals surface area contributed by atoms with Crippen molar-refractivity contribution in [3.63, 3.8) is 0 Å². The van der Waals surface area contributed by atoms with Gasteiger partial charge in [0.15, 0.2) is 0 Å². The predicted octanol–water partition coefficient (Wildman–Crippen LogP) is 2.90. The number of halogens is 2. The van der Waals surface area contributed by atoms with Crippen LogP contribution >= 0.6 is 20.4 Å². The molecule has 1 aromatic rings. The molecule has 0 aliphatic heterocycles. The Bertz CT molecular complexity index is 286. The van der Waals surface area contributed by atoms with E-state index in [1.54, 1.807) is 4.93 Å². The molecule has 0 radical (unpaired) electrons. The molecule has 0 unspecified atom stereocenters. The molecular weight excluding hydrogens is 280 g/mol. The molecule has 0 aromatic heterocycles. The van der Waals surface area contributed by atoms with Crippen molar-refractivity contribution in [2.45, 2.75) is 13.5 Å². The zero-order valence-corrected chi connectivity index (χ0v) is 10.4. The maximum atomic E-state index is 13.3. The van der Waals surface area contributed by atoms with E-state index in [2.05, 4.69) is 5.32 Å². The van der Waals surface area contributed by atoms with Crippen molar-refractivity contribution in [3.8, 4) is 0 Å². The van der Waals surface area contributed by atoms with Gasteiger partial charge in [0, 0.05) is 0 Å². The normalized spacial score (nSPS) is 11.5. The molecule has 0 amide bonds. The molecule has 0 saturated carbocycles. The van der Waals surface area contributed by atoms with E-state index in [1.165, 1.54) is 5.56 Å². The Hall–Kier alpha value is -0.160. The molecule has 1 N–H and O–H groups in total. The fourth-order valence-corrected chi connectivity index (χ4v) is 3.53. The van der Waals surface area contributed by atoms with Crippen LogP contribution in [0.1, 0.15) is 11.1 Å². The van der Waals surface area contributed by atoms with Gasteiger partial charge in [0.1, 0.15) is 0 Å². The molecule has 13 heavy (non-hydrogen) atoms. The molecule has 3 heteroatoms. The number of nitrogens with one attached hydrogen (secondary N) is 1. The van der Waals surface area contributed by atoms with Crippen LogP contribution in [-0.2, 0) is 6.54 Å². The zero-order valence-electron chi connectivity index (χ0n) is 8.20. The van der Waals surface area contributed by atoms with Gasteiger partial charge in [-0.3, -0.25) is 0 Å². The summed E-state index contributed by atoms with van der Waals surface area (Å²) in [5, 5.41) is 3.08. The Morgan fingerprint density at radius 3 is 2.69 bits per heavy atom. The molecule has 1 rings (SSSR count). The van der Waals surface area contributed by atoms with Crippen LogP contribution in [0, 0.1) is 10.5 Å². The molecule has 0 bridgehead atoms. The van der Waals surface area contributed by atoms with Crippen molar-refractivity contribution in [1.82, 2.24) is 5.32 Å². The number of hydrogen-bond acceptors (Lipinski definition) is 1. The summed E-state index contributed by atoms with van der Waals surface area (Å²) in [6.45, 7) is 2.81. The fourth-order valence-electron chi connectivity index (χ4n) is 1.31. The van der Waals surface area contributed by atoms with E-state index < -0.39 is 20.4 Å². The van der Waals surface area contributed by atoms with Crippen molar-refractivity contribution in [1.29, 1.82) is 0 Å². The van der Waals surface area contributed by atoms with E-state index >= 15 is 0 Å². The molecule has 0 spiro atoms. The summed E-state index contributed by atoms with van der Waals surface area (Å²) in [6.07, 6.45) is 0. The van der Waals surface area contributed by atoms with Gasteiger partial charge in [0.05, 0.1) is 0 Å². The predicted molar refractivity (Wildman–Crippen MR) is 63.7 cm³/mol. The molecule has 0 heterocycles. The van der Waals surface area contributed by atoms with Gasteiger partial charge in [0.25, 0.3) is 0 Å². The first-order chi connectivity index (χ1) is 6.16. The zero-order chi connectivity index (χ0) is 9.84. The van der Waals surface area contributed by atoms with Crippen molar-refractivity contribution in [2.24, 2.45) is 0 Å². The first kappa shape index (κ1) is 10.9. The Morgan fingerprint density at radius 1 is 1.46 bits per heavy atom. The van der Waals surface area contributed by atoms with Gasteiger partial charge < -0.3 is 0 Å². The van der Waals surface area contributed by atoms with Gasteiger partial charge >= 0.3 is 86.9 Å². The second-order valence-corrected chi connectivity index (χ2v) is 6.43. The second kappa shape index (κ2) is 4.91. The van der Waals surface area contributed by atoms with E-state index in [-0.39, 0.29) is 0 Å². The van der Waals surface area contributed by atoms with E-state index in [1.807, 2.05) is 32.2 Å². The monoisotopic (exact) mass is 295 g/mol. The van der Waals surface area contributed by atoms with Crippen LogP contribution in [0.3, 0.4) is 0 Å². The number of rotatable bonds is 3. The topological polar surface area (TPSA) is 12.0 Å². The van der Waals surface area contributed by atoms with Gasteiger partial charge in [-0.2, -0.15) is 0 Å². The van der Waals surface area contributed by atoms with Crippen LogP contribution in [0.25, 0.3) is 0 Å². The summed E-state index contributed by atoms with van der Waals surface area (Å²) in [5.74, 6) is 0. The first-order valence-electron chi connectivity index (χ1n) is 4.16. The Labute approximate surface area is 86.9 Å². The molecule has 0 saturated heterocycles. The van der Waals surface area contributed by atoms with Gasteiger partial charge in [-0.15, -0.1) is 0 Å².